The third kappa shape index (κ3) is 8.07. The maximum Gasteiger partial charge on any atom is 0.264 e. The Morgan fingerprint density at radius 2 is 1.68 bits per heavy atom. The topological polar surface area (TPSA) is 96.0 Å². The van der Waals surface area contributed by atoms with Crippen LogP contribution in [0.4, 0.5) is 10.1 Å². The van der Waals surface area contributed by atoms with Crippen LogP contribution >= 0.6 is 15.9 Å². The van der Waals surface area contributed by atoms with E-state index in [2.05, 4.69) is 21.2 Å². The zero-order valence-electron chi connectivity index (χ0n) is 23.9. The Hall–Kier alpha value is -3.44. The second-order valence-electron chi connectivity index (χ2n) is 10.7. The van der Waals surface area contributed by atoms with E-state index in [0.717, 1.165) is 9.87 Å². The highest BCUT2D eigenvalue weighted by atomic mass is 79.9. The van der Waals surface area contributed by atoms with Gasteiger partial charge in [0.1, 0.15) is 24.2 Å². The van der Waals surface area contributed by atoms with E-state index in [1.807, 2.05) is 6.92 Å². The molecule has 0 unspecified atom stereocenters. The average molecular weight is 649 g/mol. The predicted molar refractivity (Wildman–Crippen MR) is 161 cm³/mol. The standard InChI is InChI=1S/C30H35BrFN3O5S/c1-20-11-13-23(14-12-20)35(41(38,39)24-15-16-27(40-6)25(31)17-24)19-28(36)34(18-22-9-7-8-10-26(22)32)21(2)29(37)33-30(3,4)5/h7-17,21H,18-19H2,1-6H3,(H,33,37)/t21-/m1/s1. The molecule has 3 aromatic carbocycles. The van der Waals surface area contributed by atoms with E-state index in [1.54, 1.807) is 51.1 Å². The molecule has 41 heavy (non-hydrogen) atoms. The van der Waals surface area contributed by atoms with Crippen molar-refractivity contribution in [2.24, 2.45) is 0 Å². The van der Waals surface area contributed by atoms with Gasteiger partial charge in [0.25, 0.3) is 10.0 Å². The summed E-state index contributed by atoms with van der Waals surface area (Å²) in [7, 11) is -2.81. The monoisotopic (exact) mass is 647 g/mol. The molecular weight excluding hydrogens is 613 g/mol. The van der Waals surface area contributed by atoms with Gasteiger partial charge in [0.2, 0.25) is 11.8 Å². The highest BCUT2D eigenvalue weighted by Crippen LogP contribution is 2.31. The second-order valence-corrected chi connectivity index (χ2v) is 13.4. The summed E-state index contributed by atoms with van der Waals surface area (Å²) in [5, 5.41) is 2.84. The lowest BCUT2D eigenvalue weighted by atomic mass is 10.1. The molecule has 220 valence electrons. The molecule has 0 aliphatic heterocycles. The van der Waals surface area contributed by atoms with Crippen molar-refractivity contribution < 1.29 is 27.1 Å². The third-order valence-corrected chi connectivity index (χ3v) is 8.67. The van der Waals surface area contributed by atoms with Crippen LogP contribution in [-0.4, -0.2) is 50.4 Å². The van der Waals surface area contributed by atoms with E-state index in [9.17, 15) is 22.4 Å². The lowest BCUT2D eigenvalue weighted by Gasteiger charge is -2.33. The zero-order chi connectivity index (χ0) is 30.5. The molecule has 2 amide bonds. The Kier molecular flexibility index (Phi) is 10.2. The van der Waals surface area contributed by atoms with Gasteiger partial charge in [-0.1, -0.05) is 35.9 Å². The summed E-state index contributed by atoms with van der Waals surface area (Å²) in [5.41, 5.74) is 0.767. The van der Waals surface area contributed by atoms with Crippen LogP contribution in [0.25, 0.3) is 0 Å². The van der Waals surface area contributed by atoms with E-state index >= 15 is 0 Å². The first-order chi connectivity index (χ1) is 19.1. The number of ether oxygens (including phenoxy) is 1. The Bertz CT molecular complexity index is 1510. The number of nitrogens with one attached hydrogen (secondary N) is 1. The number of nitrogens with zero attached hydrogens (tertiary/aromatic N) is 2. The molecule has 11 heteroatoms. The SMILES string of the molecule is COc1ccc(S(=O)(=O)N(CC(=O)N(Cc2ccccc2F)[C@H](C)C(=O)NC(C)(C)C)c2ccc(C)cc2)cc1Br. The van der Waals surface area contributed by atoms with Crippen molar-refractivity contribution in [3.63, 3.8) is 0 Å². The van der Waals surface area contributed by atoms with Gasteiger partial charge >= 0.3 is 0 Å². The molecule has 0 bridgehead atoms. The summed E-state index contributed by atoms with van der Waals surface area (Å²) < 4.78 is 49.3. The Morgan fingerprint density at radius 3 is 2.24 bits per heavy atom. The van der Waals surface area contributed by atoms with Gasteiger partial charge in [0, 0.05) is 17.6 Å². The number of carbonyl (C=O) groups is 2. The number of carbonyl (C=O) groups excluding carboxylic acids is 2. The summed E-state index contributed by atoms with van der Waals surface area (Å²) in [4.78, 5) is 28.2. The number of aryl methyl sites for hydroxylation is 1. The first-order valence-corrected chi connectivity index (χ1v) is 15.1. The molecule has 0 fully saturated rings. The number of sulfonamides is 1. The smallest absolute Gasteiger partial charge is 0.264 e. The van der Waals surface area contributed by atoms with Gasteiger partial charge in [-0.15, -0.1) is 0 Å². The van der Waals surface area contributed by atoms with E-state index < -0.39 is 45.8 Å². The van der Waals surface area contributed by atoms with Crippen LogP contribution in [-0.2, 0) is 26.2 Å². The molecule has 0 saturated heterocycles. The molecule has 0 aliphatic rings. The first-order valence-electron chi connectivity index (χ1n) is 12.9. The fourth-order valence-electron chi connectivity index (χ4n) is 4.04. The van der Waals surface area contributed by atoms with E-state index in [-0.39, 0.29) is 22.7 Å². The highest BCUT2D eigenvalue weighted by molar-refractivity contribution is 9.10. The van der Waals surface area contributed by atoms with Crippen LogP contribution in [0.5, 0.6) is 5.75 Å². The van der Waals surface area contributed by atoms with Gasteiger partial charge in [-0.2, -0.15) is 0 Å². The molecule has 8 nitrogen and oxygen atoms in total. The van der Waals surface area contributed by atoms with Gasteiger partial charge in [-0.3, -0.25) is 13.9 Å². The van der Waals surface area contributed by atoms with Crippen molar-refractivity contribution in [3.8, 4) is 5.75 Å². The summed E-state index contributed by atoms with van der Waals surface area (Å²) >= 11 is 3.33. The van der Waals surface area contributed by atoms with Crippen molar-refractivity contribution in [2.45, 2.75) is 57.6 Å². The molecule has 0 aromatic heterocycles. The van der Waals surface area contributed by atoms with Crippen molar-refractivity contribution in [1.82, 2.24) is 10.2 Å². The Labute approximate surface area is 249 Å². The molecule has 1 atom stereocenters. The zero-order valence-corrected chi connectivity index (χ0v) is 26.3. The fourth-order valence-corrected chi connectivity index (χ4v) is 6.17. The largest absolute Gasteiger partial charge is 0.496 e. The second kappa shape index (κ2) is 13.0. The number of amides is 2. The minimum Gasteiger partial charge on any atom is -0.496 e. The normalized spacial score (nSPS) is 12.4. The Balaban J connectivity index is 2.07. The number of methoxy groups -OCH3 is 1. The number of benzene rings is 3. The number of hydrogen-bond acceptors (Lipinski definition) is 5. The van der Waals surface area contributed by atoms with Gasteiger partial charge < -0.3 is 15.0 Å². The number of rotatable bonds is 10. The maximum atomic E-state index is 14.7. The molecule has 3 aromatic rings. The number of hydrogen-bond donors (Lipinski definition) is 1. The van der Waals surface area contributed by atoms with Crippen molar-refractivity contribution in [3.05, 3.63) is 88.1 Å². The van der Waals surface area contributed by atoms with Crippen molar-refractivity contribution in [1.29, 1.82) is 0 Å². The number of halogens is 2. The van der Waals surface area contributed by atoms with Gasteiger partial charge in [-0.05, 0) is 86.9 Å². The van der Waals surface area contributed by atoms with Gasteiger partial charge in [-0.25, -0.2) is 12.8 Å². The van der Waals surface area contributed by atoms with Crippen molar-refractivity contribution >= 4 is 43.5 Å². The highest BCUT2D eigenvalue weighted by Gasteiger charge is 2.34. The quantitative estimate of drug-likeness (QED) is 0.317. The molecule has 3 rings (SSSR count). The molecule has 0 radical (unpaired) electrons. The lowest BCUT2D eigenvalue weighted by Crippen LogP contribution is -2.54. The summed E-state index contributed by atoms with van der Waals surface area (Å²) in [5.74, 6) is -1.23. The Morgan fingerprint density at radius 1 is 1.05 bits per heavy atom. The van der Waals surface area contributed by atoms with E-state index in [4.69, 9.17) is 4.74 Å². The van der Waals surface area contributed by atoms with Crippen LogP contribution in [0, 0.1) is 12.7 Å². The van der Waals surface area contributed by atoms with E-state index in [0.29, 0.717) is 10.2 Å². The minimum absolute atomic E-state index is 0.0715. The molecule has 0 heterocycles. The molecule has 0 spiro atoms. The third-order valence-electron chi connectivity index (χ3n) is 6.28. The fraction of sp³-hybridized carbons (Fsp3) is 0.333. The maximum absolute atomic E-state index is 14.7. The molecule has 0 aliphatic carbocycles. The van der Waals surface area contributed by atoms with Gasteiger partial charge in [0.15, 0.2) is 0 Å². The van der Waals surface area contributed by atoms with Crippen LogP contribution in [0.1, 0.15) is 38.8 Å². The minimum atomic E-state index is -4.27. The van der Waals surface area contributed by atoms with Crippen molar-refractivity contribution in [2.75, 3.05) is 18.0 Å². The average Bonchev–Trinajstić information content (AvgIpc) is 2.90. The van der Waals surface area contributed by atoms with Crippen LogP contribution < -0.4 is 14.4 Å². The molecular formula is C30H35BrFN3O5S. The molecule has 0 saturated carbocycles. The summed E-state index contributed by atoms with van der Waals surface area (Å²) in [6.45, 7) is 7.94. The summed E-state index contributed by atoms with van der Waals surface area (Å²) in [6.07, 6.45) is 0. The molecule has 1 N–H and O–H groups in total. The van der Waals surface area contributed by atoms with E-state index in [1.165, 1.54) is 55.3 Å². The van der Waals surface area contributed by atoms with Crippen LogP contribution in [0.3, 0.4) is 0 Å². The first kappa shape index (κ1) is 32.1. The lowest BCUT2D eigenvalue weighted by molar-refractivity contribution is -0.140. The number of anilines is 1. The van der Waals surface area contributed by atoms with Crippen LogP contribution in [0.2, 0.25) is 0 Å². The predicted octanol–water partition coefficient (Wildman–Crippen LogP) is 5.43. The summed E-state index contributed by atoms with van der Waals surface area (Å²) in [6, 6.07) is 15.9. The van der Waals surface area contributed by atoms with Gasteiger partial charge in [0.05, 0.1) is 22.2 Å². The van der Waals surface area contributed by atoms with Crippen LogP contribution in [0.15, 0.2) is 76.1 Å².